The van der Waals surface area contributed by atoms with Crippen LogP contribution >= 0.6 is 0 Å². The summed E-state index contributed by atoms with van der Waals surface area (Å²) in [6.45, 7) is 6.81. The Bertz CT molecular complexity index is 620. The summed E-state index contributed by atoms with van der Waals surface area (Å²) in [5, 5.41) is 0. The van der Waals surface area contributed by atoms with Crippen molar-refractivity contribution in [1.29, 1.82) is 0 Å². The molecular formula is C19H21. The molecule has 0 aromatic heterocycles. The average Bonchev–Trinajstić information content (AvgIpc) is 2.83. The predicted molar refractivity (Wildman–Crippen MR) is 81.7 cm³/mol. The van der Waals surface area contributed by atoms with Crippen molar-refractivity contribution in [2.24, 2.45) is 0 Å². The summed E-state index contributed by atoms with van der Waals surface area (Å²) in [5.41, 5.74) is 10.4. The molecule has 0 heterocycles. The molecule has 97 valence electrons. The summed E-state index contributed by atoms with van der Waals surface area (Å²) in [4.78, 5) is 0. The van der Waals surface area contributed by atoms with E-state index >= 15 is 0 Å². The first-order valence-corrected chi connectivity index (χ1v) is 7.47. The van der Waals surface area contributed by atoms with Crippen LogP contribution in [-0.2, 0) is 25.7 Å². The van der Waals surface area contributed by atoms with Gasteiger partial charge in [0.25, 0.3) is 0 Å². The zero-order valence-electron chi connectivity index (χ0n) is 12.1. The van der Waals surface area contributed by atoms with Crippen LogP contribution in [0.2, 0.25) is 0 Å². The van der Waals surface area contributed by atoms with Crippen molar-refractivity contribution >= 4 is 0 Å². The van der Waals surface area contributed by atoms with Crippen molar-refractivity contribution in [3.05, 3.63) is 58.1 Å². The number of hydrogen-bond donors (Lipinski definition) is 0. The Morgan fingerprint density at radius 2 is 1.68 bits per heavy atom. The minimum atomic E-state index is 1.06. The second kappa shape index (κ2) is 4.85. The van der Waals surface area contributed by atoms with Gasteiger partial charge in [0.05, 0.1) is 0 Å². The molecule has 0 saturated carbocycles. The van der Waals surface area contributed by atoms with Crippen LogP contribution in [0.4, 0.5) is 0 Å². The molecule has 0 N–H and O–H groups in total. The minimum absolute atomic E-state index is 1.06. The van der Waals surface area contributed by atoms with Crippen LogP contribution in [0.1, 0.15) is 48.6 Å². The fraction of sp³-hybridized carbons (Fsp3) is 0.368. The second-order valence-electron chi connectivity index (χ2n) is 5.31. The topological polar surface area (TPSA) is 0 Å². The molecule has 0 fully saturated rings. The van der Waals surface area contributed by atoms with Gasteiger partial charge in [-0.15, -0.1) is 0 Å². The Labute approximate surface area is 116 Å². The molecule has 0 spiro atoms. The fourth-order valence-electron chi connectivity index (χ4n) is 3.52. The molecule has 3 rings (SSSR count). The molecule has 0 heteroatoms. The maximum Gasteiger partial charge on any atom is -0.000707 e. The van der Waals surface area contributed by atoms with Crippen molar-refractivity contribution in [3.63, 3.8) is 0 Å². The highest BCUT2D eigenvalue weighted by Crippen LogP contribution is 2.41. The predicted octanol–water partition coefficient (Wildman–Crippen LogP) is 4.75. The maximum absolute atomic E-state index is 3.72. The standard InChI is InChI=1S/C19H21/c1-4-13-11-15-12-14-9-7-8-10-18(14)19(15)17(6-3)16(13)5-2/h7-10H,4-6,12H2,1-3H3. The summed E-state index contributed by atoms with van der Waals surface area (Å²) in [6.07, 6.45) is 4.41. The fourth-order valence-corrected chi connectivity index (χ4v) is 3.52. The molecular weight excluding hydrogens is 228 g/mol. The van der Waals surface area contributed by atoms with Gasteiger partial charge in [-0.25, -0.2) is 0 Å². The molecule has 0 nitrogen and oxygen atoms in total. The van der Waals surface area contributed by atoms with Crippen LogP contribution in [0.5, 0.6) is 0 Å². The SMILES string of the molecule is CCc1[c]c2c(c(CC)c1CC)-c1ccccc1C2. The van der Waals surface area contributed by atoms with E-state index in [2.05, 4.69) is 51.1 Å². The Kier molecular flexibility index (Phi) is 3.18. The lowest BCUT2D eigenvalue weighted by Gasteiger charge is -2.17. The van der Waals surface area contributed by atoms with Crippen molar-refractivity contribution in [2.75, 3.05) is 0 Å². The zero-order valence-corrected chi connectivity index (χ0v) is 12.1. The summed E-state index contributed by atoms with van der Waals surface area (Å²) in [6, 6.07) is 12.6. The van der Waals surface area contributed by atoms with Gasteiger partial charge in [0.15, 0.2) is 0 Å². The largest absolute Gasteiger partial charge is 0.0619 e. The van der Waals surface area contributed by atoms with Gasteiger partial charge in [-0.3, -0.25) is 0 Å². The number of rotatable bonds is 3. The van der Waals surface area contributed by atoms with Gasteiger partial charge in [0.2, 0.25) is 0 Å². The van der Waals surface area contributed by atoms with E-state index in [1.807, 2.05) is 0 Å². The molecule has 0 unspecified atom stereocenters. The molecule has 0 aliphatic heterocycles. The Balaban J connectivity index is 2.31. The summed E-state index contributed by atoms with van der Waals surface area (Å²) in [5.74, 6) is 0. The van der Waals surface area contributed by atoms with E-state index < -0.39 is 0 Å². The molecule has 19 heavy (non-hydrogen) atoms. The van der Waals surface area contributed by atoms with E-state index in [1.54, 1.807) is 11.1 Å². The number of aryl methyl sites for hydroxylation is 1. The molecule has 1 aliphatic carbocycles. The van der Waals surface area contributed by atoms with Crippen molar-refractivity contribution in [2.45, 2.75) is 46.5 Å². The number of benzene rings is 2. The van der Waals surface area contributed by atoms with Crippen molar-refractivity contribution < 1.29 is 0 Å². The minimum Gasteiger partial charge on any atom is -0.0619 e. The van der Waals surface area contributed by atoms with Gasteiger partial charge in [-0.2, -0.15) is 0 Å². The van der Waals surface area contributed by atoms with Crippen LogP contribution in [0.25, 0.3) is 11.1 Å². The zero-order chi connectivity index (χ0) is 13.4. The van der Waals surface area contributed by atoms with E-state index in [9.17, 15) is 0 Å². The number of fused-ring (bicyclic) bond motifs is 3. The highest BCUT2D eigenvalue weighted by Gasteiger charge is 2.23. The van der Waals surface area contributed by atoms with E-state index in [1.165, 1.54) is 27.8 Å². The van der Waals surface area contributed by atoms with Crippen LogP contribution in [0.3, 0.4) is 0 Å². The van der Waals surface area contributed by atoms with E-state index in [-0.39, 0.29) is 0 Å². The third-order valence-electron chi connectivity index (χ3n) is 4.35. The van der Waals surface area contributed by atoms with Gasteiger partial charge in [0, 0.05) is 0 Å². The Morgan fingerprint density at radius 3 is 2.37 bits per heavy atom. The Hall–Kier alpha value is -1.56. The summed E-state index contributed by atoms with van der Waals surface area (Å²) < 4.78 is 0. The van der Waals surface area contributed by atoms with Gasteiger partial charge < -0.3 is 0 Å². The first kappa shape index (κ1) is 12.5. The molecule has 2 aromatic carbocycles. The first-order chi connectivity index (χ1) is 9.30. The quantitative estimate of drug-likeness (QED) is 0.628. The van der Waals surface area contributed by atoms with Crippen LogP contribution in [-0.4, -0.2) is 0 Å². The van der Waals surface area contributed by atoms with Gasteiger partial charge in [-0.05, 0) is 70.7 Å². The van der Waals surface area contributed by atoms with E-state index in [0.717, 1.165) is 25.7 Å². The van der Waals surface area contributed by atoms with Gasteiger partial charge >= 0.3 is 0 Å². The lowest BCUT2D eigenvalue weighted by atomic mass is 9.87. The average molecular weight is 249 g/mol. The van der Waals surface area contributed by atoms with Crippen molar-refractivity contribution in [1.82, 2.24) is 0 Å². The summed E-state index contributed by atoms with van der Waals surface area (Å²) >= 11 is 0. The summed E-state index contributed by atoms with van der Waals surface area (Å²) in [7, 11) is 0. The van der Waals surface area contributed by atoms with Crippen LogP contribution in [0, 0.1) is 6.07 Å². The molecule has 2 aromatic rings. The smallest absolute Gasteiger partial charge is 0.000707 e. The second-order valence-corrected chi connectivity index (χ2v) is 5.31. The molecule has 1 radical (unpaired) electrons. The van der Waals surface area contributed by atoms with Crippen molar-refractivity contribution in [3.8, 4) is 11.1 Å². The third-order valence-corrected chi connectivity index (χ3v) is 4.35. The van der Waals surface area contributed by atoms with Gasteiger partial charge in [0.1, 0.15) is 0 Å². The van der Waals surface area contributed by atoms with E-state index in [0.29, 0.717) is 0 Å². The monoisotopic (exact) mass is 249 g/mol. The lowest BCUT2D eigenvalue weighted by molar-refractivity contribution is 0.974. The van der Waals surface area contributed by atoms with Gasteiger partial charge in [-0.1, -0.05) is 45.0 Å². The molecule has 0 amide bonds. The molecule has 0 bridgehead atoms. The van der Waals surface area contributed by atoms with Crippen LogP contribution < -0.4 is 0 Å². The molecule has 1 aliphatic rings. The van der Waals surface area contributed by atoms with Crippen LogP contribution in [0.15, 0.2) is 24.3 Å². The Morgan fingerprint density at radius 1 is 0.947 bits per heavy atom. The molecule has 0 saturated heterocycles. The third kappa shape index (κ3) is 1.82. The first-order valence-electron chi connectivity index (χ1n) is 7.47. The lowest BCUT2D eigenvalue weighted by Crippen LogP contribution is -2.02. The maximum atomic E-state index is 3.72. The highest BCUT2D eigenvalue weighted by molar-refractivity contribution is 5.81. The number of hydrogen-bond acceptors (Lipinski definition) is 0. The normalized spacial score (nSPS) is 12.4. The molecule has 0 atom stereocenters. The van der Waals surface area contributed by atoms with E-state index in [4.69, 9.17) is 0 Å². The highest BCUT2D eigenvalue weighted by atomic mass is 14.3.